The van der Waals surface area contributed by atoms with Crippen molar-refractivity contribution < 1.29 is 14.6 Å². The topological polar surface area (TPSA) is 58.6 Å². The van der Waals surface area contributed by atoms with Gasteiger partial charge in [0.25, 0.3) is 5.91 Å². The number of carbonyl (C=O) groups is 1. The lowest BCUT2D eigenvalue weighted by Gasteiger charge is -2.14. The smallest absolute Gasteiger partial charge is 0.251 e. The van der Waals surface area contributed by atoms with Gasteiger partial charge in [-0.2, -0.15) is 0 Å². The standard InChI is InChI=1S/C13H17NO3/c1-2-11(8-15)14-13(16)10-3-4-12-9(7-10)5-6-17-12/h3-4,7,11,15H,2,5-6,8H2,1H3,(H,14,16)/t11-/m1/s1. The van der Waals surface area contributed by atoms with E-state index in [4.69, 9.17) is 9.84 Å². The van der Waals surface area contributed by atoms with Crippen LogP contribution in [0.15, 0.2) is 18.2 Å². The van der Waals surface area contributed by atoms with Crippen molar-refractivity contribution >= 4 is 5.91 Å². The first-order chi connectivity index (χ1) is 8.24. The molecular formula is C13H17NO3. The van der Waals surface area contributed by atoms with Gasteiger partial charge in [-0.3, -0.25) is 4.79 Å². The monoisotopic (exact) mass is 235 g/mol. The molecule has 1 aromatic carbocycles. The van der Waals surface area contributed by atoms with Crippen molar-refractivity contribution in [3.63, 3.8) is 0 Å². The van der Waals surface area contributed by atoms with Crippen LogP contribution in [0.4, 0.5) is 0 Å². The molecule has 0 saturated heterocycles. The van der Waals surface area contributed by atoms with Crippen LogP contribution in [-0.2, 0) is 6.42 Å². The zero-order valence-corrected chi connectivity index (χ0v) is 9.90. The second-order valence-electron chi connectivity index (χ2n) is 4.18. The summed E-state index contributed by atoms with van der Waals surface area (Å²) in [6.07, 6.45) is 1.57. The van der Waals surface area contributed by atoms with E-state index in [0.717, 1.165) is 24.2 Å². The average Bonchev–Trinajstić information content (AvgIpc) is 2.82. The van der Waals surface area contributed by atoms with Gasteiger partial charge in [-0.15, -0.1) is 0 Å². The molecule has 2 N–H and O–H groups in total. The number of ether oxygens (including phenoxy) is 1. The van der Waals surface area contributed by atoms with Crippen LogP contribution in [0, 0.1) is 0 Å². The van der Waals surface area contributed by atoms with E-state index in [0.29, 0.717) is 12.2 Å². The Morgan fingerprint density at radius 2 is 2.41 bits per heavy atom. The summed E-state index contributed by atoms with van der Waals surface area (Å²) in [5.74, 6) is 0.733. The number of benzene rings is 1. The fourth-order valence-corrected chi connectivity index (χ4v) is 1.87. The molecule has 0 bridgehead atoms. The van der Waals surface area contributed by atoms with Gasteiger partial charge < -0.3 is 15.2 Å². The fraction of sp³-hybridized carbons (Fsp3) is 0.462. The average molecular weight is 235 g/mol. The summed E-state index contributed by atoms with van der Waals surface area (Å²) in [4.78, 5) is 11.9. The maximum absolute atomic E-state index is 11.9. The predicted octanol–water partition coefficient (Wildman–Crippen LogP) is 1.12. The van der Waals surface area contributed by atoms with Crippen LogP contribution < -0.4 is 10.1 Å². The number of hydrogen-bond acceptors (Lipinski definition) is 3. The SMILES string of the molecule is CC[C@H](CO)NC(=O)c1ccc2c(c1)CCO2. The molecule has 1 atom stereocenters. The molecule has 4 nitrogen and oxygen atoms in total. The first-order valence-electron chi connectivity index (χ1n) is 5.92. The van der Waals surface area contributed by atoms with E-state index in [2.05, 4.69) is 5.32 Å². The van der Waals surface area contributed by atoms with Crippen molar-refractivity contribution in [1.82, 2.24) is 5.32 Å². The highest BCUT2D eigenvalue weighted by Crippen LogP contribution is 2.25. The third-order valence-corrected chi connectivity index (χ3v) is 3.00. The molecule has 2 rings (SSSR count). The second-order valence-corrected chi connectivity index (χ2v) is 4.18. The van der Waals surface area contributed by atoms with Gasteiger partial charge in [0.05, 0.1) is 19.3 Å². The Balaban J connectivity index is 2.09. The first-order valence-corrected chi connectivity index (χ1v) is 5.92. The third kappa shape index (κ3) is 2.58. The van der Waals surface area contributed by atoms with Gasteiger partial charge in [-0.1, -0.05) is 6.92 Å². The first kappa shape index (κ1) is 11.9. The van der Waals surface area contributed by atoms with Gasteiger partial charge in [-0.25, -0.2) is 0 Å². The van der Waals surface area contributed by atoms with Crippen molar-refractivity contribution in [1.29, 1.82) is 0 Å². The van der Waals surface area contributed by atoms with E-state index >= 15 is 0 Å². The summed E-state index contributed by atoms with van der Waals surface area (Å²) >= 11 is 0. The summed E-state index contributed by atoms with van der Waals surface area (Å²) < 4.78 is 5.38. The zero-order valence-electron chi connectivity index (χ0n) is 9.90. The molecule has 0 fully saturated rings. The van der Waals surface area contributed by atoms with E-state index in [1.54, 1.807) is 6.07 Å². The molecule has 1 aliphatic heterocycles. The van der Waals surface area contributed by atoms with Crippen LogP contribution in [0.3, 0.4) is 0 Å². The van der Waals surface area contributed by atoms with Crippen molar-refractivity contribution in [2.24, 2.45) is 0 Å². The third-order valence-electron chi connectivity index (χ3n) is 3.00. The Hall–Kier alpha value is -1.55. The minimum Gasteiger partial charge on any atom is -0.493 e. The molecule has 0 aliphatic carbocycles. The molecular weight excluding hydrogens is 218 g/mol. The predicted molar refractivity (Wildman–Crippen MR) is 64.3 cm³/mol. The molecule has 0 unspecified atom stereocenters. The largest absolute Gasteiger partial charge is 0.493 e. The van der Waals surface area contributed by atoms with Crippen molar-refractivity contribution in [2.45, 2.75) is 25.8 Å². The Morgan fingerprint density at radius 3 is 3.12 bits per heavy atom. The van der Waals surface area contributed by atoms with Crippen LogP contribution in [0.5, 0.6) is 5.75 Å². The molecule has 0 saturated carbocycles. The van der Waals surface area contributed by atoms with Gasteiger partial charge >= 0.3 is 0 Å². The maximum atomic E-state index is 11.9. The minimum atomic E-state index is -0.174. The van der Waals surface area contributed by atoms with E-state index in [-0.39, 0.29) is 18.6 Å². The molecule has 0 spiro atoms. The Bertz CT molecular complexity index is 413. The quantitative estimate of drug-likeness (QED) is 0.822. The van der Waals surface area contributed by atoms with E-state index in [1.807, 2.05) is 19.1 Å². The highest BCUT2D eigenvalue weighted by molar-refractivity contribution is 5.94. The molecule has 0 aromatic heterocycles. The highest BCUT2D eigenvalue weighted by atomic mass is 16.5. The number of rotatable bonds is 4. The van der Waals surface area contributed by atoms with Crippen molar-refractivity contribution in [2.75, 3.05) is 13.2 Å². The number of hydrogen-bond donors (Lipinski definition) is 2. The lowest BCUT2D eigenvalue weighted by molar-refractivity contribution is 0.0915. The summed E-state index contributed by atoms with van der Waals surface area (Å²) in [6, 6.07) is 5.27. The number of carbonyl (C=O) groups excluding carboxylic acids is 1. The number of aliphatic hydroxyl groups is 1. The van der Waals surface area contributed by atoms with Gasteiger partial charge in [0.2, 0.25) is 0 Å². The summed E-state index contributed by atoms with van der Waals surface area (Å²) in [5, 5.41) is 11.8. The molecule has 4 heteroatoms. The Labute approximate surface area is 101 Å². The summed E-state index contributed by atoms with van der Waals surface area (Å²) in [5.41, 5.74) is 1.70. The Kier molecular flexibility index (Phi) is 3.64. The van der Waals surface area contributed by atoms with E-state index in [9.17, 15) is 4.79 Å². The molecule has 92 valence electrons. The van der Waals surface area contributed by atoms with E-state index in [1.165, 1.54) is 0 Å². The van der Waals surface area contributed by atoms with Gasteiger partial charge in [-0.05, 0) is 30.2 Å². The number of fused-ring (bicyclic) bond motifs is 1. The van der Waals surface area contributed by atoms with Crippen LogP contribution in [0.1, 0.15) is 29.3 Å². The van der Waals surface area contributed by atoms with Crippen LogP contribution >= 0.6 is 0 Å². The fourth-order valence-electron chi connectivity index (χ4n) is 1.87. The van der Waals surface area contributed by atoms with Crippen molar-refractivity contribution in [3.8, 4) is 5.75 Å². The molecule has 17 heavy (non-hydrogen) atoms. The second kappa shape index (κ2) is 5.19. The zero-order chi connectivity index (χ0) is 12.3. The molecule has 0 radical (unpaired) electrons. The van der Waals surface area contributed by atoms with Gasteiger partial charge in [0, 0.05) is 12.0 Å². The highest BCUT2D eigenvalue weighted by Gasteiger charge is 2.16. The lowest BCUT2D eigenvalue weighted by Crippen LogP contribution is -2.36. The molecule has 1 aromatic rings. The van der Waals surface area contributed by atoms with Crippen LogP contribution in [0.25, 0.3) is 0 Å². The Morgan fingerprint density at radius 1 is 1.59 bits per heavy atom. The maximum Gasteiger partial charge on any atom is 0.251 e. The number of aliphatic hydroxyl groups excluding tert-OH is 1. The molecule has 1 aliphatic rings. The summed E-state index contributed by atoms with van der Waals surface area (Å²) in [7, 11) is 0. The van der Waals surface area contributed by atoms with E-state index < -0.39 is 0 Å². The lowest BCUT2D eigenvalue weighted by atomic mass is 10.1. The molecule has 1 heterocycles. The number of nitrogens with one attached hydrogen (secondary N) is 1. The van der Waals surface area contributed by atoms with Crippen molar-refractivity contribution in [3.05, 3.63) is 29.3 Å². The van der Waals surface area contributed by atoms with Crippen LogP contribution in [0.2, 0.25) is 0 Å². The van der Waals surface area contributed by atoms with Gasteiger partial charge in [0.15, 0.2) is 0 Å². The number of amides is 1. The normalized spacial score (nSPS) is 14.9. The van der Waals surface area contributed by atoms with Gasteiger partial charge in [0.1, 0.15) is 5.75 Å². The summed E-state index contributed by atoms with van der Waals surface area (Å²) in [6.45, 7) is 2.59. The minimum absolute atomic E-state index is 0.0315. The molecule has 1 amide bonds. The van der Waals surface area contributed by atoms with Crippen LogP contribution in [-0.4, -0.2) is 30.3 Å².